The van der Waals surface area contributed by atoms with Crippen LogP contribution in [0.25, 0.3) is 5.69 Å². The number of benzene rings is 2. The minimum absolute atomic E-state index is 0.0704. The average molecular weight is 452 g/mol. The second-order valence-electron chi connectivity index (χ2n) is 8.21. The Bertz CT molecular complexity index is 1150. The SMILES string of the molecule is CC[C@@H](C)c1ccc(S(=O)(=O)N2CCN(C(=O)c3ccc(-n4cccc4)cc3)CC2)cc1. The van der Waals surface area contributed by atoms with Crippen molar-refractivity contribution in [2.24, 2.45) is 0 Å². The Balaban J connectivity index is 1.39. The molecule has 0 bridgehead atoms. The van der Waals surface area contributed by atoms with Gasteiger partial charge in [-0.2, -0.15) is 4.31 Å². The minimum atomic E-state index is -3.56. The van der Waals surface area contributed by atoms with E-state index in [0.29, 0.717) is 42.6 Å². The Morgan fingerprint density at radius 2 is 1.50 bits per heavy atom. The first-order valence-corrected chi connectivity index (χ1v) is 12.5. The highest BCUT2D eigenvalue weighted by Gasteiger charge is 2.30. The van der Waals surface area contributed by atoms with E-state index in [-0.39, 0.29) is 5.91 Å². The molecule has 1 atom stereocenters. The van der Waals surface area contributed by atoms with E-state index in [4.69, 9.17) is 0 Å². The molecule has 0 saturated carbocycles. The Kier molecular flexibility index (Phi) is 6.48. The summed E-state index contributed by atoms with van der Waals surface area (Å²) in [5.41, 5.74) is 2.74. The van der Waals surface area contributed by atoms with Gasteiger partial charge in [0.1, 0.15) is 0 Å². The van der Waals surface area contributed by atoms with Crippen LogP contribution in [-0.4, -0.2) is 54.3 Å². The van der Waals surface area contributed by atoms with Gasteiger partial charge in [0.15, 0.2) is 0 Å². The maximum Gasteiger partial charge on any atom is 0.253 e. The highest BCUT2D eigenvalue weighted by Crippen LogP contribution is 2.23. The molecule has 1 fully saturated rings. The molecule has 1 aromatic heterocycles. The van der Waals surface area contributed by atoms with Crippen LogP contribution in [0.2, 0.25) is 0 Å². The molecule has 2 aromatic carbocycles. The second kappa shape index (κ2) is 9.30. The summed E-state index contributed by atoms with van der Waals surface area (Å²) in [6.45, 7) is 5.59. The van der Waals surface area contributed by atoms with Crippen molar-refractivity contribution in [1.82, 2.24) is 13.8 Å². The minimum Gasteiger partial charge on any atom is -0.336 e. The zero-order chi connectivity index (χ0) is 22.7. The van der Waals surface area contributed by atoms with E-state index in [0.717, 1.165) is 17.7 Å². The van der Waals surface area contributed by atoms with Gasteiger partial charge in [0.05, 0.1) is 4.90 Å². The first kappa shape index (κ1) is 22.3. The van der Waals surface area contributed by atoms with Crippen molar-refractivity contribution in [3.63, 3.8) is 0 Å². The van der Waals surface area contributed by atoms with Gasteiger partial charge in [0.2, 0.25) is 10.0 Å². The molecule has 1 saturated heterocycles. The van der Waals surface area contributed by atoms with E-state index in [1.807, 2.05) is 65.5 Å². The summed E-state index contributed by atoms with van der Waals surface area (Å²) in [6.07, 6.45) is 4.92. The van der Waals surface area contributed by atoms with Crippen molar-refractivity contribution in [3.8, 4) is 5.69 Å². The quantitative estimate of drug-likeness (QED) is 0.566. The molecular weight excluding hydrogens is 422 g/mol. The predicted molar refractivity (Wildman–Crippen MR) is 126 cm³/mol. The number of rotatable bonds is 6. The summed E-state index contributed by atoms with van der Waals surface area (Å²) >= 11 is 0. The molecule has 1 amide bonds. The molecule has 0 N–H and O–H groups in total. The lowest BCUT2D eigenvalue weighted by Crippen LogP contribution is -2.50. The highest BCUT2D eigenvalue weighted by molar-refractivity contribution is 7.89. The fourth-order valence-corrected chi connectivity index (χ4v) is 5.37. The van der Waals surface area contributed by atoms with Gasteiger partial charge in [-0.3, -0.25) is 4.79 Å². The monoisotopic (exact) mass is 451 g/mol. The maximum absolute atomic E-state index is 13.1. The van der Waals surface area contributed by atoms with Crippen LogP contribution in [0.15, 0.2) is 78.0 Å². The lowest BCUT2D eigenvalue weighted by atomic mass is 9.99. The van der Waals surface area contributed by atoms with Crippen molar-refractivity contribution < 1.29 is 13.2 Å². The Morgan fingerprint density at radius 3 is 2.06 bits per heavy atom. The molecule has 0 radical (unpaired) electrons. The summed E-state index contributed by atoms with van der Waals surface area (Å²) in [7, 11) is -3.56. The molecular formula is C25H29N3O3S. The predicted octanol–water partition coefficient (Wildman–Crippen LogP) is 4.14. The van der Waals surface area contributed by atoms with Crippen LogP contribution in [0.5, 0.6) is 0 Å². The number of nitrogens with zero attached hydrogens (tertiary/aromatic N) is 3. The summed E-state index contributed by atoms with van der Waals surface area (Å²) < 4.78 is 29.6. The first-order chi connectivity index (χ1) is 15.4. The highest BCUT2D eigenvalue weighted by atomic mass is 32.2. The van der Waals surface area contributed by atoms with E-state index >= 15 is 0 Å². The number of carbonyl (C=O) groups excluding carboxylic acids is 1. The normalized spacial score (nSPS) is 16.1. The zero-order valence-corrected chi connectivity index (χ0v) is 19.3. The Morgan fingerprint density at radius 1 is 0.906 bits per heavy atom. The fraction of sp³-hybridized carbons (Fsp3) is 0.320. The Hall–Kier alpha value is -2.90. The van der Waals surface area contributed by atoms with Crippen LogP contribution in [0.1, 0.15) is 42.1 Å². The molecule has 0 spiro atoms. The van der Waals surface area contributed by atoms with E-state index in [9.17, 15) is 13.2 Å². The first-order valence-electron chi connectivity index (χ1n) is 11.0. The molecule has 4 rings (SSSR count). The third-order valence-corrected chi connectivity index (χ3v) is 8.15. The summed E-state index contributed by atoms with van der Waals surface area (Å²) in [5.74, 6) is 0.331. The van der Waals surface area contributed by atoms with Gasteiger partial charge in [0, 0.05) is 49.8 Å². The topological polar surface area (TPSA) is 62.6 Å². The van der Waals surface area contributed by atoms with Crippen LogP contribution < -0.4 is 0 Å². The molecule has 7 heteroatoms. The van der Waals surface area contributed by atoms with E-state index < -0.39 is 10.0 Å². The van der Waals surface area contributed by atoms with Gasteiger partial charge in [0.25, 0.3) is 5.91 Å². The molecule has 0 unspecified atom stereocenters. The van der Waals surface area contributed by atoms with E-state index in [1.165, 1.54) is 4.31 Å². The van der Waals surface area contributed by atoms with Crippen molar-refractivity contribution in [2.45, 2.75) is 31.1 Å². The van der Waals surface area contributed by atoms with Crippen molar-refractivity contribution >= 4 is 15.9 Å². The molecule has 1 aliphatic heterocycles. The number of hydrogen-bond donors (Lipinski definition) is 0. The third kappa shape index (κ3) is 4.49. The zero-order valence-electron chi connectivity index (χ0n) is 18.5. The average Bonchev–Trinajstić information content (AvgIpc) is 3.38. The molecule has 1 aliphatic rings. The third-order valence-electron chi connectivity index (χ3n) is 6.24. The number of piperazine rings is 1. The second-order valence-corrected chi connectivity index (χ2v) is 10.1. The number of amides is 1. The van der Waals surface area contributed by atoms with Crippen molar-refractivity contribution in [1.29, 1.82) is 0 Å². The lowest BCUT2D eigenvalue weighted by Gasteiger charge is -2.34. The van der Waals surface area contributed by atoms with Gasteiger partial charge >= 0.3 is 0 Å². The van der Waals surface area contributed by atoms with Crippen molar-refractivity contribution in [3.05, 3.63) is 84.2 Å². The van der Waals surface area contributed by atoms with Gasteiger partial charge in [-0.25, -0.2) is 8.42 Å². The van der Waals surface area contributed by atoms with E-state index in [1.54, 1.807) is 17.0 Å². The standard InChI is InChI=1S/C25H29N3O3S/c1-3-20(2)21-8-12-24(13-9-21)32(30,31)28-18-16-27(17-19-28)25(29)22-6-10-23(11-7-22)26-14-4-5-15-26/h4-15,20H,3,16-19H2,1-2H3/t20-/m1/s1. The van der Waals surface area contributed by atoms with Crippen LogP contribution >= 0.6 is 0 Å². The molecule has 0 aliphatic carbocycles. The number of sulfonamides is 1. The molecule has 32 heavy (non-hydrogen) atoms. The summed E-state index contributed by atoms with van der Waals surface area (Å²) in [6, 6.07) is 18.6. The fourth-order valence-electron chi connectivity index (χ4n) is 3.95. The van der Waals surface area contributed by atoms with Crippen molar-refractivity contribution in [2.75, 3.05) is 26.2 Å². The van der Waals surface area contributed by atoms with E-state index in [2.05, 4.69) is 13.8 Å². The number of aromatic nitrogens is 1. The summed E-state index contributed by atoms with van der Waals surface area (Å²) in [5, 5.41) is 0. The molecule has 2 heterocycles. The van der Waals surface area contributed by atoms with Crippen LogP contribution in [-0.2, 0) is 10.0 Å². The van der Waals surface area contributed by atoms with Gasteiger partial charge < -0.3 is 9.47 Å². The lowest BCUT2D eigenvalue weighted by molar-refractivity contribution is 0.0698. The Labute approximate surface area is 190 Å². The number of hydrogen-bond acceptors (Lipinski definition) is 3. The largest absolute Gasteiger partial charge is 0.336 e. The number of carbonyl (C=O) groups is 1. The molecule has 6 nitrogen and oxygen atoms in total. The summed E-state index contributed by atoms with van der Waals surface area (Å²) in [4.78, 5) is 14.9. The van der Waals surface area contributed by atoms with Gasteiger partial charge in [-0.15, -0.1) is 0 Å². The van der Waals surface area contributed by atoms with Gasteiger partial charge in [-0.1, -0.05) is 26.0 Å². The smallest absolute Gasteiger partial charge is 0.253 e. The molecule has 3 aromatic rings. The maximum atomic E-state index is 13.1. The van der Waals surface area contributed by atoms with Gasteiger partial charge in [-0.05, 0) is 66.4 Å². The van der Waals surface area contributed by atoms with Crippen LogP contribution in [0.3, 0.4) is 0 Å². The molecule has 168 valence electrons. The van der Waals surface area contributed by atoms with Crippen LogP contribution in [0.4, 0.5) is 0 Å². The van der Waals surface area contributed by atoms with Crippen LogP contribution in [0, 0.1) is 0 Å².